The van der Waals surface area contributed by atoms with Crippen LogP contribution in [0.4, 0.5) is 0 Å². The molecule has 1 heterocycles. The number of nitrogens with zero attached hydrogens (tertiary/aromatic N) is 2. The summed E-state index contributed by atoms with van der Waals surface area (Å²) in [5, 5.41) is 0.626. The van der Waals surface area contributed by atoms with Crippen LogP contribution < -0.4 is 9.47 Å². The highest BCUT2D eigenvalue weighted by molar-refractivity contribution is 6.32. The minimum atomic E-state index is 0.0301. The topological polar surface area (TPSA) is 42.0 Å². The van der Waals surface area contributed by atoms with Gasteiger partial charge in [-0.2, -0.15) is 0 Å². The van der Waals surface area contributed by atoms with Crippen molar-refractivity contribution in [3.63, 3.8) is 0 Å². The monoisotopic (exact) mass is 388 g/mol. The van der Waals surface area contributed by atoms with Crippen LogP contribution in [0.3, 0.4) is 0 Å². The van der Waals surface area contributed by atoms with Crippen LogP contribution >= 0.6 is 11.6 Å². The summed E-state index contributed by atoms with van der Waals surface area (Å²) in [5.74, 6) is 1.47. The lowest BCUT2D eigenvalue weighted by atomic mass is 10.2. The number of halogens is 1. The van der Waals surface area contributed by atoms with E-state index >= 15 is 0 Å². The molecule has 0 saturated carbocycles. The van der Waals surface area contributed by atoms with Crippen molar-refractivity contribution in [1.82, 2.24) is 9.80 Å². The number of hydrogen-bond acceptors (Lipinski definition) is 4. The van der Waals surface area contributed by atoms with Gasteiger partial charge in [-0.15, -0.1) is 0 Å². The Bertz CT molecular complexity index is 743. The van der Waals surface area contributed by atoms with E-state index in [1.54, 1.807) is 0 Å². The van der Waals surface area contributed by atoms with Gasteiger partial charge in [0.2, 0.25) is 0 Å². The van der Waals surface area contributed by atoms with Gasteiger partial charge in [0.25, 0.3) is 5.91 Å². The number of carbonyl (C=O) groups excluding carboxylic acids is 1. The summed E-state index contributed by atoms with van der Waals surface area (Å²) < 4.78 is 11.3. The zero-order valence-corrected chi connectivity index (χ0v) is 16.3. The van der Waals surface area contributed by atoms with Gasteiger partial charge in [0.1, 0.15) is 18.1 Å². The van der Waals surface area contributed by atoms with E-state index in [1.807, 2.05) is 60.4 Å². The molecular formula is C21H25ClN2O3. The van der Waals surface area contributed by atoms with Crippen molar-refractivity contribution in [1.29, 1.82) is 0 Å². The second-order valence-corrected chi connectivity index (χ2v) is 7.01. The van der Waals surface area contributed by atoms with E-state index in [9.17, 15) is 4.79 Å². The van der Waals surface area contributed by atoms with Gasteiger partial charge in [-0.25, -0.2) is 0 Å². The average molecular weight is 389 g/mol. The molecule has 2 aromatic carbocycles. The van der Waals surface area contributed by atoms with Crippen molar-refractivity contribution < 1.29 is 14.3 Å². The maximum atomic E-state index is 12.3. The lowest BCUT2D eigenvalue weighted by Crippen LogP contribution is -2.50. The Labute approximate surface area is 165 Å². The predicted octanol–water partition coefficient (Wildman–Crippen LogP) is 3.25. The molecule has 0 aromatic heterocycles. The SMILES string of the molecule is Cc1ccc(OCC(=O)N2CCN(CCOc3ccccc3Cl)CC2)cc1. The van der Waals surface area contributed by atoms with Gasteiger partial charge < -0.3 is 14.4 Å². The Morgan fingerprint density at radius 3 is 2.41 bits per heavy atom. The van der Waals surface area contributed by atoms with Gasteiger partial charge >= 0.3 is 0 Å². The second-order valence-electron chi connectivity index (χ2n) is 6.60. The van der Waals surface area contributed by atoms with Gasteiger partial charge in [0, 0.05) is 32.7 Å². The van der Waals surface area contributed by atoms with E-state index in [2.05, 4.69) is 4.90 Å². The molecule has 1 amide bonds. The van der Waals surface area contributed by atoms with Crippen molar-refractivity contribution in [3.05, 3.63) is 59.1 Å². The van der Waals surface area contributed by atoms with Crippen LogP contribution in [0.2, 0.25) is 5.02 Å². The van der Waals surface area contributed by atoms with E-state index < -0.39 is 0 Å². The summed E-state index contributed by atoms with van der Waals surface area (Å²) in [6.45, 7) is 6.59. The van der Waals surface area contributed by atoms with Crippen LogP contribution in [-0.4, -0.2) is 61.6 Å². The molecule has 0 bridgehead atoms. The third-order valence-corrected chi connectivity index (χ3v) is 4.92. The first kappa shape index (κ1) is 19.5. The maximum Gasteiger partial charge on any atom is 0.260 e. The quantitative estimate of drug-likeness (QED) is 0.730. The zero-order valence-electron chi connectivity index (χ0n) is 15.6. The normalized spacial score (nSPS) is 14.8. The number of aryl methyl sites for hydroxylation is 1. The second kappa shape index (κ2) is 9.62. The zero-order chi connectivity index (χ0) is 19.1. The Morgan fingerprint density at radius 1 is 1.00 bits per heavy atom. The minimum Gasteiger partial charge on any atom is -0.491 e. The summed E-state index contributed by atoms with van der Waals surface area (Å²) in [4.78, 5) is 16.5. The molecule has 1 aliphatic heterocycles. The molecule has 2 aromatic rings. The molecule has 1 saturated heterocycles. The fourth-order valence-corrected chi connectivity index (χ4v) is 3.13. The number of amides is 1. The van der Waals surface area contributed by atoms with E-state index in [0.717, 1.165) is 25.4 Å². The molecule has 3 rings (SSSR count). The molecule has 0 radical (unpaired) electrons. The van der Waals surface area contributed by atoms with Gasteiger partial charge in [-0.1, -0.05) is 41.4 Å². The lowest BCUT2D eigenvalue weighted by molar-refractivity contribution is -0.135. The summed E-state index contributed by atoms with van der Waals surface area (Å²) in [5.41, 5.74) is 1.17. The van der Waals surface area contributed by atoms with E-state index in [-0.39, 0.29) is 12.5 Å². The highest BCUT2D eigenvalue weighted by Gasteiger charge is 2.21. The predicted molar refractivity (Wildman–Crippen MR) is 107 cm³/mol. The number of para-hydroxylation sites is 1. The maximum absolute atomic E-state index is 12.3. The van der Waals surface area contributed by atoms with E-state index in [0.29, 0.717) is 30.5 Å². The molecule has 0 unspecified atom stereocenters. The van der Waals surface area contributed by atoms with Gasteiger partial charge in [-0.3, -0.25) is 9.69 Å². The number of piperazine rings is 1. The van der Waals surface area contributed by atoms with Crippen LogP contribution in [0.1, 0.15) is 5.56 Å². The molecule has 144 valence electrons. The molecular weight excluding hydrogens is 364 g/mol. The van der Waals surface area contributed by atoms with Gasteiger partial charge in [0.15, 0.2) is 6.61 Å². The van der Waals surface area contributed by atoms with Crippen molar-refractivity contribution >= 4 is 17.5 Å². The van der Waals surface area contributed by atoms with Crippen molar-refractivity contribution in [3.8, 4) is 11.5 Å². The number of benzene rings is 2. The average Bonchev–Trinajstić information content (AvgIpc) is 2.69. The fourth-order valence-electron chi connectivity index (χ4n) is 2.94. The largest absolute Gasteiger partial charge is 0.491 e. The molecule has 6 heteroatoms. The van der Waals surface area contributed by atoms with Gasteiger partial charge in [0.05, 0.1) is 5.02 Å². The number of carbonyl (C=O) groups is 1. The molecule has 0 N–H and O–H groups in total. The first-order chi connectivity index (χ1) is 13.1. The fraction of sp³-hybridized carbons (Fsp3) is 0.381. The first-order valence-corrected chi connectivity index (χ1v) is 9.56. The van der Waals surface area contributed by atoms with E-state index in [4.69, 9.17) is 21.1 Å². The summed E-state index contributed by atoms with van der Waals surface area (Å²) in [7, 11) is 0. The molecule has 1 fully saturated rings. The lowest BCUT2D eigenvalue weighted by Gasteiger charge is -2.34. The van der Waals surface area contributed by atoms with Crippen LogP contribution in [0.25, 0.3) is 0 Å². The number of rotatable bonds is 7. The standard InChI is InChI=1S/C21H25ClN2O3/c1-17-6-8-18(9-7-17)27-16-21(25)24-12-10-23(11-13-24)14-15-26-20-5-3-2-4-19(20)22/h2-9H,10-16H2,1H3. The Balaban J connectivity index is 1.35. The van der Waals surface area contributed by atoms with Crippen LogP contribution in [-0.2, 0) is 4.79 Å². The van der Waals surface area contributed by atoms with E-state index in [1.165, 1.54) is 5.56 Å². The minimum absolute atomic E-state index is 0.0301. The van der Waals surface area contributed by atoms with Crippen LogP contribution in [0.15, 0.2) is 48.5 Å². The summed E-state index contributed by atoms with van der Waals surface area (Å²) in [6, 6.07) is 15.2. The summed E-state index contributed by atoms with van der Waals surface area (Å²) in [6.07, 6.45) is 0. The van der Waals surface area contributed by atoms with Gasteiger partial charge in [-0.05, 0) is 31.2 Å². The molecule has 27 heavy (non-hydrogen) atoms. The molecule has 5 nitrogen and oxygen atoms in total. The van der Waals surface area contributed by atoms with Crippen molar-refractivity contribution in [2.75, 3.05) is 45.9 Å². The molecule has 0 spiro atoms. The number of hydrogen-bond donors (Lipinski definition) is 0. The molecule has 0 atom stereocenters. The van der Waals surface area contributed by atoms with Crippen molar-refractivity contribution in [2.45, 2.75) is 6.92 Å². The Hall–Kier alpha value is -2.24. The van der Waals surface area contributed by atoms with Crippen LogP contribution in [0, 0.1) is 6.92 Å². The van der Waals surface area contributed by atoms with Crippen molar-refractivity contribution in [2.24, 2.45) is 0 Å². The number of ether oxygens (including phenoxy) is 2. The third-order valence-electron chi connectivity index (χ3n) is 4.61. The highest BCUT2D eigenvalue weighted by atomic mass is 35.5. The molecule has 0 aliphatic carbocycles. The third kappa shape index (κ3) is 5.88. The first-order valence-electron chi connectivity index (χ1n) is 9.19. The highest BCUT2D eigenvalue weighted by Crippen LogP contribution is 2.22. The Kier molecular flexibility index (Phi) is 6.96. The Morgan fingerprint density at radius 2 is 1.70 bits per heavy atom. The summed E-state index contributed by atoms with van der Waals surface area (Å²) >= 11 is 6.09. The smallest absolute Gasteiger partial charge is 0.260 e. The van der Waals surface area contributed by atoms with Crippen LogP contribution in [0.5, 0.6) is 11.5 Å². The molecule has 1 aliphatic rings.